The number of ether oxygens (including phenoxy) is 4. The minimum Gasteiger partial charge on any atom is -0.462 e. The van der Waals surface area contributed by atoms with Crippen molar-refractivity contribution in [2.24, 2.45) is 0 Å². The molecule has 0 saturated heterocycles. The van der Waals surface area contributed by atoms with Crippen molar-refractivity contribution < 1.29 is 80.2 Å². The average molecular weight is 1380 g/mol. The number of unbranched alkanes of at least 4 members (excludes halogenated alkanes) is 50. The Morgan fingerprint density at radius 2 is 0.426 bits per heavy atom. The highest BCUT2D eigenvalue weighted by Gasteiger charge is 2.30. The number of phosphoric ester groups is 2. The second-order valence-electron chi connectivity index (χ2n) is 27.0. The molecule has 0 radical (unpaired) electrons. The van der Waals surface area contributed by atoms with E-state index in [-0.39, 0.29) is 25.7 Å². The first-order valence-electron chi connectivity index (χ1n) is 39.3. The zero-order valence-electron chi connectivity index (χ0n) is 60.9. The van der Waals surface area contributed by atoms with Crippen LogP contribution in [-0.2, 0) is 65.4 Å². The fraction of sp³-hybridized carbons (Fsp3) is 0.947. The summed E-state index contributed by atoms with van der Waals surface area (Å²) in [5, 5.41) is 10.6. The van der Waals surface area contributed by atoms with Crippen LogP contribution in [0.3, 0.4) is 0 Å². The minimum atomic E-state index is -4.95. The van der Waals surface area contributed by atoms with Gasteiger partial charge in [0.15, 0.2) is 12.2 Å². The van der Waals surface area contributed by atoms with Crippen LogP contribution in [0.2, 0.25) is 0 Å². The highest BCUT2D eigenvalue weighted by atomic mass is 31.2. The number of carbonyl (C=O) groups is 4. The predicted octanol–water partition coefficient (Wildman–Crippen LogP) is 22.2. The number of hydrogen-bond donors (Lipinski definition) is 3. The van der Waals surface area contributed by atoms with Crippen LogP contribution in [0, 0.1) is 0 Å². The topological polar surface area (TPSA) is 237 Å². The fourth-order valence-electron chi connectivity index (χ4n) is 11.6. The molecule has 0 aliphatic heterocycles. The van der Waals surface area contributed by atoms with Crippen LogP contribution in [-0.4, -0.2) is 96.7 Å². The third kappa shape index (κ3) is 68.6. The van der Waals surface area contributed by atoms with Crippen molar-refractivity contribution in [1.82, 2.24) is 0 Å². The highest BCUT2D eigenvalue weighted by Crippen LogP contribution is 2.45. The van der Waals surface area contributed by atoms with Crippen LogP contribution in [0.5, 0.6) is 0 Å². The molecule has 0 aliphatic rings. The average Bonchev–Trinajstić information content (AvgIpc) is 2.53. The number of aliphatic hydroxyl groups is 1. The Labute approximate surface area is 575 Å². The molecule has 17 nitrogen and oxygen atoms in total. The van der Waals surface area contributed by atoms with Crippen LogP contribution in [0.15, 0.2) is 0 Å². The molecule has 94 heavy (non-hydrogen) atoms. The van der Waals surface area contributed by atoms with Gasteiger partial charge in [0.05, 0.1) is 26.4 Å². The first-order valence-corrected chi connectivity index (χ1v) is 42.3. The number of carbonyl (C=O) groups excluding carboxylic acids is 4. The highest BCUT2D eigenvalue weighted by molar-refractivity contribution is 7.47. The maximum atomic E-state index is 13.1. The summed E-state index contributed by atoms with van der Waals surface area (Å²) in [6, 6.07) is 0. The number of rotatable bonds is 76. The minimum absolute atomic E-state index is 0.107. The van der Waals surface area contributed by atoms with Gasteiger partial charge in [-0.15, -0.1) is 0 Å². The molecule has 0 heterocycles. The van der Waals surface area contributed by atoms with E-state index < -0.39 is 97.5 Å². The summed E-state index contributed by atoms with van der Waals surface area (Å²) in [5.41, 5.74) is 0. The summed E-state index contributed by atoms with van der Waals surface area (Å²) in [5.74, 6) is -2.12. The van der Waals surface area contributed by atoms with Gasteiger partial charge in [0.25, 0.3) is 0 Å². The Kier molecular flexibility index (Phi) is 68.1. The van der Waals surface area contributed by atoms with Crippen molar-refractivity contribution in [3.05, 3.63) is 0 Å². The van der Waals surface area contributed by atoms with Crippen LogP contribution in [0.25, 0.3) is 0 Å². The molecular formula is C75H146O17P2. The first-order chi connectivity index (χ1) is 45.7. The molecule has 0 aromatic heterocycles. The molecule has 19 heteroatoms. The third-order valence-electron chi connectivity index (χ3n) is 17.6. The van der Waals surface area contributed by atoms with Crippen molar-refractivity contribution in [3.63, 3.8) is 0 Å². The monoisotopic (exact) mass is 1380 g/mol. The molecule has 2 unspecified atom stereocenters. The van der Waals surface area contributed by atoms with Crippen LogP contribution in [0.1, 0.15) is 400 Å². The van der Waals surface area contributed by atoms with Crippen LogP contribution in [0.4, 0.5) is 0 Å². The van der Waals surface area contributed by atoms with Crippen molar-refractivity contribution in [1.29, 1.82) is 0 Å². The maximum Gasteiger partial charge on any atom is 0.472 e. The first kappa shape index (κ1) is 92.1. The molecule has 3 N–H and O–H groups in total. The molecule has 0 spiro atoms. The van der Waals surface area contributed by atoms with E-state index in [1.807, 2.05) is 0 Å². The summed E-state index contributed by atoms with van der Waals surface area (Å²) in [4.78, 5) is 72.5. The molecule has 0 aromatic carbocycles. The zero-order valence-corrected chi connectivity index (χ0v) is 62.7. The molecule has 0 aromatic rings. The van der Waals surface area contributed by atoms with Gasteiger partial charge in [-0.2, -0.15) is 0 Å². The van der Waals surface area contributed by atoms with Gasteiger partial charge in [-0.3, -0.25) is 37.3 Å². The van der Waals surface area contributed by atoms with E-state index in [4.69, 9.17) is 37.0 Å². The van der Waals surface area contributed by atoms with Gasteiger partial charge in [-0.25, -0.2) is 9.13 Å². The van der Waals surface area contributed by atoms with Gasteiger partial charge in [-0.1, -0.05) is 349 Å². The lowest BCUT2D eigenvalue weighted by atomic mass is 10.0. The van der Waals surface area contributed by atoms with Gasteiger partial charge in [0.1, 0.15) is 19.3 Å². The van der Waals surface area contributed by atoms with E-state index in [9.17, 15) is 43.2 Å². The maximum absolute atomic E-state index is 13.1. The lowest BCUT2D eigenvalue weighted by Crippen LogP contribution is -2.30. The van der Waals surface area contributed by atoms with Crippen LogP contribution >= 0.6 is 15.6 Å². The molecule has 5 atom stereocenters. The summed E-state index contributed by atoms with van der Waals surface area (Å²) in [6.45, 7) is 4.90. The molecule has 0 rings (SSSR count). The van der Waals surface area contributed by atoms with Gasteiger partial charge in [0, 0.05) is 25.7 Å². The van der Waals surface area contributed by atoms with Crippen molar-refractivity contribution in [3.8, 4) is 0 Å². The van der Waals surface area contributed by atoms with Crippen molar-refractivity contribution in [2.75, 3.05) is 39.6 Å². The van der Waals surface area contributed by atoms with Crippen molar-refractivity contribution >= 4 is 39.5 Å². The Balaban J connectivity index is 5.13. The molecule has 0 amide bonds. The van der Waals surface area contributed by atoms with E-state index in [1.165, 1.54) is 225 Å². The Hall–Kier alpha value is -1.94. The molecule has 0 bridgehead atoms. The zero-order chi connectivity index (χ0) is 69.0. The second kappa shape index (κ2) is 69.5. The molecule has 0 saturated carbocycles. The molecular weight excluding hydrogens is 1230 g/mol. The summed E-state index contributed by atoms with van der Waals surface area (Å²) < 4.78 is 68.3. The van der Waals surface area contributed by atoms with E-state index in [0.717, 1.165) is 96.3 Å². The standard InChI is InChI=1S/C75H146O17P2/c1-5-9-13-17-20-23-26-29-31-33-34-35-36-38-41-44-47-50-54-58-62-75(80)92-71(66-86-73(78)60-56-52-48-45-42-40-37-32-30-27-24-21-18-14-10-6-2)68-90-94(83,84)88-64-69(76)63-87-93(81,82)89-67-70(65-85-72(77)59-55-51-16-12-8-4)91-74(79)61-57-53-49-46-43-39-28-25-22-19-15-11-7-3/h69-71,76H,5-68H2,1-4H3,(H,81,82)(H,83,84)/t69-,70+,71+/m0/s1. The van der Waals surface area contributed by atoms with Crippen molar-refractivity contribution in [2.45, 2.75) is 418 Å². The van der Waals surface area contributed by atoms with Gasteiger partial charge in [0.2, 0.25) is 0 Å². The molecule has 0 fully saturated rings. The smallest absolute Gasteiger partial charge is 0.462 e. The predicted molar refractivity (Wildman–Crippen MR) is 382 cm³/mol. The number of aliphatic hydroxyl groups excluding tert-OH is 1. The largest absolute Gasteiger partial charge is 0.472 e. The lowest BCUT2D eigenvalue weighted by molar-refractivity contribution is -0.161. The summed E-state index contributed by atoms with van der Waals surface area (Å²) in [7, 11) is -9.90. The molecule has 558 valence electrons. The Bertz CT molecular complexity index is 1790. The number of hydrogen-bond acceptors (Lipinski definition) is 15. The van der Waals surface area contributed by atoms with Gasteiger partial charge in [-0.05, 0) is 25.7 Å². The summed E-state index contributed by atoms with van der Waals surface area (Å²) in [6.07, 6.45) is 60.1. The summed E-state index contributed by atoms with van der Waals surface area (Å²) >= 11 is 0. The van der Waals surface area contributed by atoms with E-state index >= 15 is 0 Å². The van der Waals surface area contributed by atoms with Gasteiger partial charge >= 0.3 is 39.5 Å². The molecule has 0 aliphatic carbocycles. The lowest BCUT2D eigenvalue weighted by Gasteiger charge is -2.21. The Morgan fingerprint density at radius 1 is 0.255 bits per heavy atom. The third-order valence-corrected chi connectivity index (χ3v) is 19.5. The number of esters is 4. The second-order valence-corrected chi connectivity index (χ2v) is 29.9. The quantitative estimate of drug-likeness (QED) is 0.0222. The van der Waals surface area contributed by atoms with Gasteiger partial charge < -0.3 is 33.8 Å². The van der Waals surface area contributed by atoms with E-state index in [1.54, 1.807) is 0 Å². The van der Waals surface area contributed by atoms with E-state index in [2.05, 4.69) is 27.7 Å². The Morgan fingerprint density at radius 3 is 0.628 bits per heavy atom. The SMILES string of the molecule is CCCCCCCCCCCCCCCCCCCCCCC(=O)O[C@H](COC(=O)CCCCCCCCCCCCCCCCCC)COP(=O)(O)OC[C@@H](O)COP(=O)(O)OC[C@@H](COC(=O)CCCCCCC)OC(=O)CCCCCCCCCCCCCCC. The number of phosphoric acid groups is 2. The normalized spacial score (nSPS) is 13.9. The fourth-order valence-corrected chi connectivity index (χ4v) is 13.2. The van der Waals surface area contributed by atoms with E-state index in [0.29, 0.717) is 25.7 Å². The van der Waals surface area contributed by atoms with Crippen LogP contribution < -0.4 is 0 Å².